The van der Waals surface area contributed by atoms with Crippen LogP contribution >= 0.6 is 0 Å². The monoisotopic (exact) mass is 416 g/mol. The predicted octanol–water partition coefficient (Wildman–Crippen LogP) is -2.49. The molecule has 0 radical (unpaired) electrons. The summed E-state index contributed by atoms with van der Waals surface area (Å²) in [6.07, 6.45) is -11.1. The fourth-order valence-corrected chi connectivity index (χ4v) is 3.32. The molecule has 0 bridgehead atoms. The lowest BCUT2D eigenvalue weighted by molar-refractivity contribution is -0.310. The molecule has 164 valence electrons. The van der Waals surface area contributed by atoms with E-state index in [1.165, 1.54) is 0 Å². The Bertz CT molecular complexity index is 616. The van der Waals surface area contributed by atoms with Crippen LogP contribution in [-0.4, -0.2) is 106 Å². The number of aliphatic hydroxyl groups excluding tert-OH is 6. The number of hydrogen-bond acceptors (Lipinski definition) is 10. The van der Waals surface area contributed by atoms with E-state index >= 15 is 0 Å². The van der Waals surface area contributed by atoms with Crippen molar-refractivity contribution in [3.63, 3.8) is 0 Å². The van der Waals surface area contributed by atoms with E-state index < -0.39 is 61.9 Å². The van der Waals surface area contributed by atoms with E-state index in [-0.39, 0.29) is 13.2 Å². The van der Waals surface area contributed by atoms with Gasteiger partial charge in [-0.2, -0.15) is 0 Å². The normalized spacial score (nSPS) is 40.3. The summed E-state index contributed by atoms with van der Waals surface area (Å²) < 4.78 is 21.6. The van der Waals surface area contributed by atoms with Crippen molar-refractivity contribution in [1.29, 1.82) is 0 Å². The third-order valence-electron chi connectivity index (χ3n) is 5.11. The third-order valence-corrected chi connectivity index (χ3v) is 5.11. The molecule has 2 aliphatic rings. The van der Waals surface area contributed by atoms with Crippen molar-refractivity contribution in [2.24, 2.45) is 0 Å². The Balaban J connectivity index is 1.52. The Morgan fingerprint density at radius 2 is 1.31 bits per heavy atom. The Labute approximate surface area is 167 Å². The first-order chi connectivity index (χ1) is 13.9. The lowest BCUT2D eigenvalue weighted by Gasteiger charge is -2.40. The van der Waals surface area contributed by atoms with Gasteiger partial charge in [-0.15, -0.1) is 0 Å². The second-order valence-electron chi connectivity index (χ2n) is 7.16. The van der Waals surface area contributed by atoms with Crippen LogP contribution in [0.1, 0.15) is 5.56 Å². The van der Waals surface area contributed by atoms with Gasteiger partial charge in [-0.1, -0.05) is 30.3 Å². The van der Waals surface area contributed by atoms with Gasteiger partial charge in [0.15, 0.2) is 12.6 Å². The Morgan fingerprint density at radius 3 is 1.97 bits per heavy atom. The molecule has 9 atom stereocenters. The van der Waals surface area contributed by atoms with E-state index in [1.807, 2.05) is 30.3 Å². The topological polar surface area (TPSA) is 158 Å². The molecule has 2 heterocycles. The van der Waals surface area contributed by atoms with E-state index in [4.69, 9.17) is 24.1 Å². The fourth-order valence-electron chi connectivity index (χ4n) is 3.32. The third kappa shape index (κ3) is 5.30. The minimum absolute atomic E-state index is 0.219. The molecule has 9 unspecified atom stereocenters. The predicted molar refractivity (Wildman–Crippen MR) is 96.5 cm³/mol. The summed E-state index contributed by atoms with van der Waals surface area (Å²) in [5, 5.41) is 59.1. The summed E-state index contributed by atoms with van der Waals surface area (Å²) in [5.74, 6) is 0. The first kappa shape index (κ1) is 22.5. The number of rotatable bonds is 8. The zero-order chi connectivity index (χ0) is 21.0. The zero-order valence-corrected chi connectivity index (χ0v) is 15.7. The molecule has 2 aliphatic heterocycles. The van der Waals surface area contributed by atoms with E-state index in [0.717, 1.165) is 5.56 Å². The summed E-state index contributed by atoms with van der Waals surface area (Å²) >= 11 is 0. The van der Waals surface area contributed by atoms with Gasteiger partial charge in [-0.3, -0.25) is 0 Å². The van der Waals surface area contributed by atoms with Gasteiger partial charge in [0.1, 0.15) is 42.7 Å². The molecule has 10 nitrogen and oxygen atoms in total. The molecule has 10 heteroatoms. The quantitative estimate of drug-likeness (QED) is 0.268. The summed E-state index contributed by atoms with van der Waals surface area (Å²) in [4.78, 5) is 0. The summed E-state index contributed by atoms with van der Waals surface area (Å²) in [5.41, 5.74) is 1.03. The average molecular weight is 416 g/mol. The Morgan fingerprint density at radius 1 is 0.724 bits per heavy atom. The number of aliphatic hydroxyl groups is 6. The highest BCUT2D eigenvalue weighted by atomic mass is 16.7. The summed E-state index contributed by atoms with van der Waals surface area (Å²) in [7, 11) is 0. The van der Waals surface area contributed by atoms with Gasteiger partial charge < -0.3 is 49.6 Å². The summed E-state index contributed by atoms with van der Waals surface area (Å²) in [6, 6.07) is 9.54. The van der Waals surface area contributed by atoms with Crippen molar-refractivity contribution in [1.82, 2.24) is 0 Å². The second kappa shape index (κ2) is 10.2. The highest BCUT2D eigenvalue weighted by Gasteiger charge is 2.47. The van der Waals surface area contributed by atoms with Crippen molar-refractivity contribution in [3.8, 4) is 0 Å². The molecule has 2 saturated heterocycles. The van der Waals surface area contributed by atoms with Crippen molar-refractivity contribution < 1.29 is 49.6 Å². The van der Waals surface area contributed by atoms with Crippen LogP contribution in [0.5, 0.6) is 0 Å². The van der Waals surface area contributed by atoms with Gasteiger partial charge in [-0.25, -0.2) is 0 Å². The van der Waals surface area contributed by atoms with Crippen molar-refractivity contribution >= 4 is 0 Å². The van der Waals surface area contributed by atoms with Gasteiger partial charge in [0, 0.05) is 0 Å². The molecule has 0 aliphatic carbocycles. The number of hydrogen-bond donors (Lipinski definition) is 6. The molecule has 0 amide bonds. The lowest BCUT2D eigenvalue weighted by Crippen LogP contribution is -2.59. The maximum atomic E-state index is 10.2. The van der Waals surface area contributed by atoms with E-state index in [1.54, 1.807) is 0 Å². The first-order valence-corrected chi connectivity index (χ1v) is 9.51. The molecule has 29 heavy (non-hydrogen) atoms. The highest BCUT2D eigenvalue weighted by molar-refractivity contribution is 5.14. The van der Waals surface area contributed by atoms with E-state index in [0.29, 0.717) is 6.42 Å². The van der Waals surface area contributed by atoms with Crippen LogP contribution in [-0.2, 0) is 25.4 Å². The van der Waals surface area contributed by atoms with Crippen LogP contribution in [0.2, 0.25) is 0 Å². The first-order valence-electron chi connectivity index (χ1n) is 9.51. The minimum Gasteiger partial charge on any atom is -0.394 e. The molecular formula is C19H28O10. The highest BCUT2D eigenvalue weighted by Crippen LogP contribution is 2.26. The Hall–Kier alpha value is -1.18. The van der Waals surface area contributed by atoms with Crippen molar-refractivity contribution in [3.05, 3.63) is 35.9 Å². The van der Waals surface area contributed by atoms with Gasteiger partial charge in [0.25, 0.3) is 0 Å². The number of benzene rings is 1. The molecule has 0 spiro atoms. The second-order valence-corrected chi connectivity index (χ2v) is 7.16. The molecule has 1 aromatic carbocycles. The van der Waals surface area contributed by atoms with Crippen molar-refractivity contribution in [2.75, 3.05) is 19.8 Å². The lowest BCUT2D eigenvalue weighted by atomic mass is 9.99. The molecule has 6 N–H and O–H groups in total. The molecule has 3 rings (SSSR count). The minimum atomic E-state index is -1.52. The van der Waals surface area contributed by atoms with E-state index in [9.17, 15) is 25.5 Å². The van der Waals surface area contributed by atoms with Crippen LogP contribution in [0.25, 0.3) is 0 Å². The van der Waals surface area contributed by atoms with Crippen LogP contribution in [0.3, 0.4) is 0 Å². The zero-order valence-electron chi connectivity index (χ0n) is 15.7. The largest absolute Gasteiger partial charge is 0.394 e. The average Bonchev–Trinajstić information content (AvgIpc) is 3.01. The maximum Gasteiger partial charge on any atom is 0.186 e. The van der Waals surface area contributed by atoms with Gasteiger partial charge >= 0.3 is 0 Å². The molecule has 0 aromatic heterocycles. The van der Waals surface area contributed by atoms with Crippen LogP contribution in [0.4, 0.5) is 0 Å². The number of ether oxygens (including phenoxy) is 4. The van der Waals surface area contributed by atoms with Crippen LogP contribution in [0, 0.1) is 0 Å². The van der Waals surface area contributed by atoms with Gasteiger partial charge in [0.05, 0.1) is 19.8 Å². The molecular weight excluding hydrogens is 388 g/mol. The fraction of sp³-hybridized carbons (Fsp3) is 0.684. The van der Waals surface area contributed by atoms with Gasteiger partial charge in [0.2, 0.25) is 0 Å². The molecule has 1 aromatic rings. The van der Waals surface area contributed by atoms with Crippen molar-refractivity contribution in [2.45, 2.75) is 61.7 Å². The van der Waals surface area contributed by atoms with Gasteiger partial charge in [-0.05, 0) is 12.0 Å². The molecule has 2 fully saturated rings. The van der Waals surface area contributed by atoms with E-state index in [2.05, 4.69) is 0 Å². The van der Waals surface area contributed by atoms with Crippen LogP contribution in [0.15, 0.2) is 30.3 Å². The molecule has 0 saturated carbocycles. The SMILES string of the molecule is OCC1OC(OCC2OC(OCCc3ccccc3)C(O)C(O)C2O)C(O)C1O. The standard InChI is InChI=1S/C19H28O10/c20-8-11-13(21)16(24)19(28-11)27-9-12-14(22)15(23)17(25)18(29-12)26-7-6-10-4-2-1-3-5-10/h1-5,11-25H,6-9H2. The summed E-state index contributed by atoms with van der Waals surface area (Å²) in [6.45, 7) is -0.587. The maximum absolute atomic E-state index is 10.2. The van der Waals surface area contributed by atoms with Crippen LogP contribution < -0.4 is 0 Å². The smallest absolute Gasteiger partial charge is 0.186 e. The Kier molecular flexibility index (Phi) is 7.93.